The van der Waals surface area contributed by atoms with E-state index in [0.717, 1.165) is 18.6 Å². The first kappa shape index (κ1) is 8.78. The van der Waals surface area contributed by atoms with E-state index in [-0.39, 0.29) is 12.1 Å². The summed E-state index contributed by atoms with van der Waals surface area (Å²) in [5, 5.41) is 0. The normalized spacial score (nSPS) is 30.6. The van der Waals surface area contributed by atoms with Gasteiger partial charge in [0.15, 0.2) is 0 Å². The van der Waals surface area contributed by atoms with Crippen molar-refractivity contribution in [3.8, 4) is 0 Å². The van der Waals surface area contributed by atoms with Gasteiger partial charge in [0.2, 0.25) is 0 Å². The molecule has 0 aliphatic carbocycles. The second-order valence-corrected chi connectivity index (χ2v) is 3.61. The smallest absolute Gasteiger partial charge is 0.0950 e. The highest BCUT2D eigenvalue weighted by molar-refractivity contribution is 5.13. The van der Waals surface area contributed by atoms with Crippen LogP contribution in [-0.4, -0.2) is 12.7 Å². The molecule has 0 amide bonds. The molecule has 0 bridgehead atoms. The average molecular weight is 181 g/mol. The fraction of sp³-hybridized carbons (Fsp3) is 0.600. The van der Waals surface area contributed by atoms with E-state index < -0.39 is 0 Å². The van der Waals surface area contributed by atoms with Crippen molar-refractivity contribution in [3.63, 3.8) is 0 Å². The van der Waals surface area contributed by atoms with E-state index in [1.807, 2.05) is 6.07 Å². The minimum absolute atomic E-state index is 0.0521. The standard InChI is InChI=1S/C10H15NO2/c1-7-9(3-5-13-7)10(11)8-2-4-12-6-8/h2,4,6-7,9-10H,3,5,11H2,1H3. The molecule has 1 aliphatic heterocycles. The summed E-state index contributed by atoms with van der Waals surface area (Å²) in [7, 11) is 0. The largest absolute Gasteiger partial charge is 0.472 e. The van der Waals surface area contributed by atoms with Gasteiger partial charge in [-0.1, -0.05) is 0 Å². The van der Waals surface area contributed by atoms with Gasteiger partial charge >= 0.3 is 0 Å². The summed E-state index contributed by atoms with van der Waals surface area (Å²) in [6.45, 7) is 2.91. The van der Waals surface area contributed by atoms with Crippen molar-refractivity contribution < 1.29 is 9.15 Å². The maximum Gasteiger partial charge on any atom is 0.0950 e. The Bertz CT molecular complexity index is 258. The number of nitrogens with two attached hydrogens (primary N) is 1. The maximum atomic E-state index is 6.10. The molecule has 0 aromatic carbocycles. The van der Waals surface area contributed by atoms with Crippen LogP contribution in [0.4, 0.5) is 0 Å². The Morgan fingerprint density at radius 3 is 3.00 bits per heavy atom. The van der Waals surface area contributed by atoms with Crippen molar-refractivity contribution in [2.45, 2.75) is 25.5 Å². The minimum atomic E-state index is 0.0521. The molecule has 0 spiro atoms. The molecule has 0 radical (unpaired) electrons. The van der Waals surface area contributed by atoms with Crippen LogP contribution in [-0.2, 0) is 4.74 Å². The monoisotopic (exact) mass is 181 g/mol. The van der Waals surface area contributed by atoms with Gasteiger partial charge in [-0.05, 0) is 19.4 Å². The molecule has 2 rings (SSSR count). The lowest BCUT2D eigenvalue weighted by Crippen LogP contribution is -2.26. The number of rotatable bonds is 2. The zero-order valence-corrected chi connectivity index (χ0v) is 7.77. The highest BCUT2D eigenvalue weighted by atomic mass is 16.5. The predicted molar refractivity (Wildman–Crippen MR) is 49.2 cm³/mol. The molecule has 72 valence electrons. The van der Waals surface area contributed by atoms with Gasteiger partial charge in [0.05, 0.1) is 18.6 Å². The van der Waals surface area contributed by atoms with Crippen molar-refractivity contribution in [1.29, 1.82) is 0 Å². The second kappa shape index (κ2) is 3.52. The van der Waals surface area contributed by atoms with Gasteiger partial charge in [-0.15, -0.1) is 0 Å². The van der Waals surface area contributed by atoms with Crippen molar-refractivity contribution >= 4 is 0 Å². The second-order valence-electron chi connectivity index (χ2n) is 3.61. The predicted octanol–water partition coefficient (Wildman–Crippen LogP) is 1.70. The number of furan rings is 1. The lowest BCUT2D eigenvalue weighted by molar-refractivity contribution is 0.0994. The summed E-state index contributed by atoms with van der Waals surface area (Å²) in [5.41, 5.74) is 7.17. The van der Waals surface area contributed by atoms with E-state index in [1.54, 1.807) is 12.5 Å². The lowest BCUT2D eigenvalue weighted by atomic mass is 9.90. The molecular formula is C10H15NO2. The molecule has 2 N–H and O–H groups in total. The van der Waals surface area contributed by atoms with Crippen LogP contribution in [0.1, 0.15) is 24.9 Å². The lowest BCUT2D eigenvalue weighted by Gasteiger charge is -2.20. The summed E-state index contributed by atoms with van der Waals surface area (Å²) in [4.78, 5) is 0. The zero-order valence-electron chi connectivity index (χ0n) is 7.77. The fourth-order valence-electron chi connectivity index (χ4n) is 1.93. The summed E-state index contributed by atoms with van der Waals surface area (Å²) in [6.07, 6.45) is 4.70. The highest BCUT2D eigenvalue weighted by Crippen LogP contribution is 2.31. The Morgan fingerprint density at radius 2 is 2.46 bits per heavy atom. The number of hydrogen-bond acceptors (Lipinski definition) is 3. The summed E-state index contributed by atoms with van der Waals surface area (Å²) in [5.74, 6) is 0.428. The third kappa shape index (κ3) is 1.62. The van der Waals surface area contributed by atoms with Crippen LogP contribution in [0.3, 0.4) is 0 Å². The highest BCUT2D eigenvalue weighted by Gasteiger charge is 2.30. The van der Waals surface area contributed by atoms with Crippen molar-refractivity contribution in [1.82, 2.24) is 0 Å². The van der Waals surface area contributed by atoms with E-state index in [0.29, 0.717) is 5.92 Å². The number of ether oxygens (including phenoxy) is 1. The molecule has 1 aromatic rings. The molecule has 2 heterocycles. The van der Waals surface area contributed by atoms with E-state index in [4.69, 9.17) is 14.9 Å². The molecule has 13 heavy (non-hydrogen) atoms. The van der Waals surface area contributed by atoms with Gasteiger partial charge in [0, 0.05) is 24.1 Å². The van der Waals surface area contributed by atoms with Crippen molar-refractivity contribution in [3.05, 3.63) is 24.2 Å². The molecule has 3 heteroatoms. The van der Waals surface area contributed by atoms with Gasteiger partial charge in [-0.3, -0.25) is 0 Å². The molecule has 1 saturated heterocycles. The van der Waals surface area contributed by atoms with E-state index in [9.17, 15) is 0 Å². The quantitative estimate of drug-likeness (QED) is 0.755. The molecule has 3 atom stereocenters. The van der Waals surface area contributed by atoms with Crippen molar-refractivity contribution in [2.24, 2.45) is 11.7 Å². The van der Waals surface area contributed by atoms with Gasteiger partial charge in [0.25, 0.3) is 0 Å². The van der Waals surface area contributed by atoms with Crippen LogP contribution in [0, 0.1) is 5.92 Å². The molecule has 1 aliphatic rings. The summed E-state index contributed by atoms with van der Waals surface area (Å²) >= 11 is 0. The van der Waals surface area contributed by atoms with Crippen molar-refractivity contribution in [2.75, 3.05) is 6.61 Å². The molecule has 3 nitrogen and oxygen atoms in total. The third-order valence-corrected chi connectivity index (χ3v) is 2.82. The zero-order chi connectivity index (χ0) is 9.26. The van der Waals surface area contributed by atoms with Gasteiger partial charge in [0.1, 0.15) is 0 Å². The molecular weight excluding hydrogens is 166 g/mol. The van der Waals surface area contributed by atoms with E-state index in [2.05, 4.69) is 6.92 Å². The summed E-state index contributed by atoms with van der Waals surface area (Å²) < 4.78 is 10.5. The van der Waals surface area contributed by atoms with Crippen LogP contribution in [0.25, 0.3) is 0 Å². The van der Waals surface area contributed by atoms with Gasteiger partial charge in [-0.2, -0.15) is 0 Å². The summed E-state index contributed by atoms with van der Waals surface area (Å²) in [6, 6.07) is 1.98. The van der Waals surface area contributed by atoms with Gasteiger partial charge in [-0.25, -0.2) is 0 Å². The molecule has 1 aromatic heterocycles. The van der Waals surface area contributed by atoms with Crippen LogP contribution in [0.15, 0.2) is 23.0 Å². The first-order chi connectivity index (χ1) is 6.29. The first-order valence-electron chi connectivity index (χ1n) is 4.68. The Kier molecular flexibility index (Phi) is 2.38. The molecule has 0 saturated carbocycles. The molecule has 1 fully saturated rings. The molecule has 3 unspecified atom stereocenters. The SMILES string of the molecule is CC1OCCC1C(N)c1ccoc1. The Labute approximate surface area is 77.9 Å². The van der Waals surface area contributed by atoms with E-state index in [1.165, 1.54) is 0 Å². The van der Waals surface area contributed by atoms with E-state index >= 15 is 0 Å². The Balaban J connectivity index is 2.08. The topological polar surface area (TPSA) is 48.4 Å². The Morgan fingerprint density at radius 1 is 1.62 bits per heavy atom. The van der Waals surface area contributed by atoms with Crippen LogP contribution in [0.5, 0.6) is 0 Å². The average Bonchev–Trinajstić information content (AvgIpc) is 2.72. The maximum absolute atomic E-state index is 6.10. The third-order valence-electron chi connectivity index (χ3n) is 2.82. The number of hydrogen-bond donors (Lipinski definition) is 1. The first-order valence-corrected chi connectivity index (χ1v) is 4.68. The van der Waals surface area contributed by atoms with Crippen LogP contribution in [0.2, 0.25) is 0 Å². The van der Waals surface area contributed by atoms with Crippen LogP contribution < -0.4 is 5.73 Å². The fourth-order valence-corrected chi connectivity index (χ4v) is 1.93. The van der Waals surface area contributed by atoms with Crippen LogP contribution >= 0.6 is 0 Å². The Hall–Kier alpha value is -0.800. The minimum Gasteiger partial charge on any atom is -0.472 e. The van der Waals surface area contributed by atoms with Gasteiger partial charge < -0.3 is 14.9 Å².